The third-order valence-corrected chi connectivity index (χ3v) is 15.8. The number of thiazole rings is 1. The summed E-state index contributed by atoms with van der Waals surface area (Å²) in [5, 5.41) is 18.8. The first-order valence-corrected chi connectivity index (χ1v) is 27.1. The van der Waals surface area contributed by atoms with Gasteiger partial charge in [-0.3, -0.25) is 4.79 Å². The Bertz CT molecular complexity index is 2190. The highest BCUT2D eigenvalue weighted by molar-refractivity contribution is 7.22. The number of nitrogens with zero attached hydrogens (tertiary/aromatic N) is 3. The van der Waals surface area contributed by atoms with E-state index in [9.17, 15) is 14.7 Å². The number of esters is 2. The summed E-state index contributed by atoms with van der Waals surface area (Å²) in [6.45, 7) is 8.63. The molecule has 0 bridgehead atoms. The fraction of sp³-hybridized carbons (Fsp3) is 0.579. The van der Waals surface area contributed by atoms with Gasteiger partial charge in [0.05, 0.1) is 61.9 Å². The minimum Gasteiger partial charge on any atom is -0.494 e. The zero-order chi connectivity index (χ0) is 48.9. The van der Waals surface area contributed by atoms with Crippen LogP contribution >= 0.6 is 11.3 Å². The van der Waals surface area contributed by atoms with Crippen LogP contribution in [0.15, 0.2) is 84.5 Å². The molecule has 1 aromatic heterocycles. The third kappa shape index (κ3) is 16.1. The Morgan fingerprint density at radius 1 is 0.829 bits per heavy atom. The van der Waals surface area contributed by atoms with Gasteiger partial charge in [-0.25, -0.2) is 14.8 Å². The van der Waals surface area contributed by atoms with Crippen molar-refractivity contribution in [3.05, 3.63) is 90.5 Å². The molecule has 1 unspecified atom stereocenters. The van der Waals surface area contributed by atoms with Crippen LogP contribution in [0, 0.1) is 29.6 Å². The standard InChI is InChI=1S/C57H77N3O9S/c1-4-12-41-15-17-42(18-16-41)43-19-21-44(22-20-43)47-27-32-52(48(39-47)40-58-60(33-36-65-38-37-64-3)57-59-51-13-8-9-14-53(51)70-57)69-56(63)46-25-23-45(24-26-46)55(62)68-50-30-28-49(29-31-50)66-34-10-6-7-11-35-67-54(61)5-2/h5,8-9,13-14,27-32,39-46,55,62H,2,4,6-7,10-12,15-26,33-38H2,1,3H3/b58-40+. The molecule has 3 saturated carbocycles. The number of fused-ring (bicyclic) bond motifs is 1. The number of hydrazone groups is 1. The molecule has 7 rings (SSSR count). The van der Waals surface area contributed by atoms with Crippen LogP contribution in [-0.4, -0.2) is 81.2 Å². The van der Waals surface area contributed by atoms with Crippen LogP contribution in [0.1, 0.15) is 140 Å². The van der Waals surface area contributed by atoms with Crippen LogP contribution in [0.25, 0.3) is 10.2 Å². The molecule has 13 heteroatoms. The van der Waals surface area contributed by atoms with Crippen molar-refractivity contribution in [2.45, 2.75) is 135 Å². The summed E-state index contributed by atoms with van der Waals surface area (Å²) in [7, 11) is 1.66. The summed E-state index contributed by atoms with van der Waals surface area (Å²) in [5.74, 6) is 3.81. The Kier molecular flexibility index (Phi) is 21.4. The average molecular weight is 980 g/mol. The highest BCUT2D eigenvalue weighted by Gasteiger charge is 2.34. The van der Waals surface area contributed by atoms with E-state index in [-0.39, 0.29) is 23.8 Å². The van der Waals surface area contributed by atoms with E-state index in [4.69, 9.17) is 38.5 Å². The number of hydrogen-bond acceptors (Lipinski definition) is 13. The van der Waals surface area contributed by atoms with Crippen LogP contribution in [0.5, 0.6) is 17.2 Å². The van der Waals surface area contributed by atoms with Gasteiger partial charge in [0.15, 0.2) is 6.29 Å². The fourth-order valence-corrected chi connectivity index (χ4v) is 11.6. The maximum absolute atomic E-state index is 14.0. The second-order valence-corrected chi connectivity index (χ2v) is 20.6. The Morgan fingerprint density at radius 3 is 2.26 bits per heavy atom. The van der Waals surface area contributed by atoms with E-state index >= 15 is 0 Å². The topological polar surface area (TPSA) is 138 Å². The number of aromatic nitrogens is 1. The quantitative estimate of drug-likeness (QED) is 0.0116. The average Bonchev–Trinajstić information content (AvgIpc) is 3.83. The molecule has 0 saturated heterocycles. The number of anilines is 1. The monoisotopic (exact) mass is 980 g/mol. The first-order chi connectivity index (χ1) is 34.3. The second kappa shape index (κ2) is 28.3. The predicted molar refractivity (Wildman–Crippen MR) is 278 cm³/mol. The third-order valence-electron chi connectivity index (χ3n) is 14.8. The van der Waals surface area contributed by atoms with Gasteiger partial charge in [0, 0.05) is 24.7 Å². The number of para-hydroxylation sites is 1. The van der Waals surface area contributed by atoms with Crippen molar-refractivity contribution < 1.29 is 43.1 Å². The van der Waals surface area contributed by atoms with Crippen LogP contribution in [0.3, 0.4) is 0 Å². The van der Waals surface area contributed by atoms with E-state index in [2.05, 4.69) is 31.7 Å². The maximum Gasteiger partial charge on any atom is 0.330 e. The summed E-state index contributed by atoms with van der Waals surface area (Å²) in [6, 6.07) is 21.7. The Labute approximate surface area is 420 Å². The highest BCUT2D eigenvalue weighted by atomic mass is 32.1. The molecule has 1 N–H and O–H groups in total. The van der Waals surface area contributed by atoms with Gasteiger partial charge in [-0.1, -0.05) is 68.7 Å². The number of carbonyl (C=O) groups is 2. The van der Waals surface area contributed by atoms with Gasteiger partial charge in [-0.2, -0.15) is 5.10 Å². The van der Waals surface area contributed by atoms with Crippen molar-refractivity contribution in [1.29, 1.82) is 0 Å². The minimum atomic E-state index is -0.996. The van der Waals surface area contributed by atoms with Gasteiger partial charge < -0.3 is 33.5 Å². The summed E-state index contributed by atoms with van der Waals surface area (Å²) in [6.07, 6.45) is 21.3. The van der Waals surface area contributed by atoms with Crippen molar-refractivity contribution in [2.75, 3.05) is 51.7 Å². The van der Waals surface area contributed by atoms with E-state index in [1.807, 2.05) is 47.6 Å². The molecular weight excluding hydrogens is 903 g/mol. The first kappa shape index (κ1) is 53.0. The fourth-order valence-electron chi connectivity index (χ4n) is 10.7. The van der Waals surface area contributed by atoms with E-state index in [0.717, 1.165) is 70.1 Å². The van der Waals surface area contributed by atoms with Gasteiger partial charge >= 0.3 is 11.9 Å². The molecule has 1 heterocycles. The van der Waals surface area contributed by atoms with Crippen molar-refractivity contribution in [2.24, 2.45) is 34.7 Å². The zero-order valence-corrected chi connectivity index (χ0v) is 42.5. The molecule has 3 fully saturated rings. The van der Waals surface area contributed by atoms with Crippen LogP contribution in [0.4, 0.5) is 5.13 Å². The van der Waals surface area contributed by atoms with Gasteiger partial charge in [-0.05, 0) is 168 Å². The van der Waals surface area contributed by atoms with Gasteiger partial charge in [-0.15, -0.1) is 0 Å². The lowest BCUT2D eigenvalue weighted by Gasteiger charge is -2.38. The van der Waals surface area contributed by atoms with Crippen LogP contribution in [-0.2, 0) is 23.8 Å². The number of aliphatic hydroxyl groups is 1. The molecule has 3 aliphatic carbocycles. The van der Waals surface area contributed by atoms with Gasteiger partial charge in [0.1, 0.15) is 17.2 Å². The molecule has 3 aliphatic rings. The molecule has 1 atom stereocenters. The van der Waals surface area contributed by atoms with E-state index < -0.39 is 6.29 Å². The minimum absolute atomic E-state index is 0.111. The molecule has 0 amide bonds. The second-order valence-electron chi connectivity index (χ2n) is 19.6. The maximum atomic E-state index is 14.0. The lowest BCUT2D eigenvalue weighted by Crippen LogP contribution is -2.33. The van der Waals surface area contributed by atoms with E-state index in [0.29, 0.717) is 82.7 Å². The molecule has 12 nitrogen and oxygen atoms in total. The first-order valence-electron chi connectivity index (χ1n) is 26.3. The van der Waals surface area contributed by atoms with Crippen LogP contribution < -0.4 is 19.2 Å². The van der Waals surface area contributed by atoms with Crippen molar-refractivity contribution in [1.82, 2.24) is 4.98 Å². The number of benzene rings is 3. The predicted octanol–water partition coefficient (Wildman–Crippen LogP) is 12.5. The van der Waals surface area contributed by atoms with Gasteiger partial charge in [0.25, 0.3) is 0 Å². The summed E-state index contributed by atoms with van der Waals surface area (Å²) in [4.78, 5) is 30.0. The Balaban J connectivity index is 0.953. The Morgan fingerprint density at radius 2 is 1.54 bits per heavy atom. The summed E-state index contributed by atoms with van der Waals surface area (Å²) in [5.41, 5.74) is 2.95. The molecule has 70 heavy (non-hydrogen) atoms. The number of aliphatic hydroxyl groups excluding tert-OH is 1. The van der Waals surface area contributed by atoms with Gasteiger partial charge in [0.2, 0.25) is 5.13 Å². The number of rotatable bonds is 27. The van der Waals surface area contributed by atoms with Crippen molar-refractivity contribution >= 4 is 44.8 Å². The number of hydrogen-bond donors (Lipinski definition) is 1. The highest BCUT2D eigenvalue weighted by Crippen LogP contribution is 2.45. The normalized spacial score (nSPS) is 22.1. The molecule has 0 aliphatic heterocycles. The lowest BCUT2D eigenvalue weighted by atomic mass is 9.68. The number of methoxy groups -OCH3 is 1. The summed E-state index contributed by atoms with van der Waals surface area (Å²) >= 11 is 1.58. The largest absolute Gasteiger partial charge is 0.494 e. The lowest BCUT2D eigenvalue weighted by molar-refractivity contribution is -0.142. The summed E-state index contributed by atoms with van der Waals surface area (Å²) < 4.78 is 35.3. The molecule has 3 aromatic carbocycles. The Hall–Kier alpha value is -4.82. The molecule has 4 aromatic rings. The van der Waals surface area contributed by atoms with E-state index in [1.165, 1.54) is 75.8 Å². The number of ether oxygens (including phenoxy) is 6. The molecule has 0 radical (unpaired) electrons. The molecular formula is C57H77N3O9S. The smallest absolute Gasteiger partial charge is 0.330 e. The zero-order valence-electron chi connectivity index (χ0n) is 41.7. The van der Waals surface area contributed by atoms with E-state index in [1.54, 1.807) is 30.6 Å². The molecule has 380 valence electrons. The van der Waals surface area contributed by atoms with Crippen molar-refractivity contribution in [3.63, 3.8) is 0 Å². The number of carbonyl (C=O) groups excluding carboxylic acids is 2. The van der Waals surface area contributed by atoms with Crippen LogP contribution in [0.2, 0.25) is 0 Å². The molecule has 0 spiro atoms. The SMILES string of the molecule is C=CC(=O)OCCCCCCOc1ccc(OC(O)C2CCC(C(=O)Oc3ccc(C4CCC(C5CCC(CCC)CC5)CC4)cc3/C=N/N(CCOCCOC)c3nc4ccccc4s3)CC2)cc1. The number of unbranched alkanes of at least 4 members (excludes halogenated alkanes) is 3. The van der Waals surface area contributed by atoms with Crippen molar-refractivity contribution in [3.8, 4) is 17.2 Å².